The lowest BCUT2D eigenvalue weighted by molar-refractivity contribution is -0.385. The fourth-order valence-electron chi connectivity index (χ4n) is 0.871. The summed E-state index contributed by atoms with van der Waals surface area (Å²) < 4.78 is 0. The first kappa shape index (κ1) is 10.8. The van der Waals surface area contributed by atoms with E-state index in [1.165, 1.54) is 12.3 Å². The smallest absolute Gasteiger partial charge is 0.258 e. The van der Waals surface area contributed by atoms with Crippen LogP contribution in [0.3, 0.4) is 0 Å². The molecule has 1 aromatic rings. The van der Waals surface area contributed by atoms with Gasteiger partial charge in [0.25, 0.3) is 5.69 Å². The van der Waals surface area contributed by atoms with Crippen LogP contribution < -0.4 is 0 Å². The Bertz CT molecular complexity index is 335. The number of rotatable bonds is 4. The highest BCUT2D eigenvalue weighted by atomic mass is 79.9. The Labute approximate surface area is 89.9 Å². The molecule has 0 atom stereocenters. The van der Waals surface area contributed by atoms with Crippen LogP contribution in [0.1, 0.15) is 12.1 Å². The third kappa shape index (κ3) is 3.26. The predicted molar refractivity (Wildman–Crippen MR) is 58.3 cm³/mol. The van der Waals surface area contributed by atoms with Crippen molar-refractivity contribution < 1.29 is 4.92 Å². The van der Waals surface area contributed by atoms with Gasteiger partial charge in [-0.15, -0.1) is 0 Å². The molecule has 0 aliphatic carbocycles. The highest BCUT2D eigenvalue weighted by Gasteiger charge is 2.02. The molecule has 0 aliphatic heterocycles. The molecular weight excluding hydrogens is 248 g/mol. The molecule has 0 aliphatic rings. The molecule has 1 aromatic heterocycles. The van der Waals surface area contributed by atoms with Crippen molar-refractivity contribution in [3.63, 3.8) is 0 Å². The van der Waals surface area contributed by atoms with Gasteiger partial charge in [-0.05, 0) is 18.6 Å². The number of hydrogen-bond acceptors (Lipinski definition) is 3. The number of halogens is 1. The van der Waals surface area contributed by atoms with Gasteiger partial charge in [0.15, 0.2) is 0 Å². The molecule has 0 N–H and O–H groups in total. The minimum atomic E-state index is -0.459. The van der Waals surface area contributed by atoms with Crippen molar-refractivity contribution in [2.24, 2.45) is 0 Å². The number of alkyl halides is 1. The van der Waals surface area contributed by atoms with E-state index >= 15 is 0 Å². The van der Waals surface area contributed by atoms with Gasteiger partial charge < -0.3 is 0 Å². The van der Waals surface area contributed by atoms with Crippen LogP contribution in [0.2, 0.25) is 0 Å². The summed E-state index contributed by atoms with van der Waals surface area (Å²) in [6.45, 7) is 0. The number of pyridine rings is 1. The topological polar surface area (TPSA) is 56.0 Å². The van der Waals surface area contributed by atoms with Crippen molar-refractivity contribution in [1.29, 1.82) is 0 Å². The van der Waals surface area contributed by atoms with Crippen LogP contribution in [0.25, 0.3) is 6.08 Å². The standard InChI is InChI=1S/C9H9BrN2O2/c10-6-2-1-3-8-4-5-9(7-11-8)12(13)14/h1,3-5,7H,2,6H2. The molecule has 0 radical (unpaired) electrons. The van der Waals surface area contributed by atoms with Gasteiger partial charge in [0.05, 0.1) is 10.6 Å². The van der Waals surface area contributed by atoms with Crippen LogP contribution in [0, 0.1) is 10.1 Å². The summed E-state index contributed by atoms with van der Waals surface area (Å²) in [5.74, 6) is 0. The lowest BCUT2D eigenvalue weighted by Gasteiger charge is -1.92. The van der Waals surface area contributed by atoms with Crippen molar-refractivity contribution in [3.8, 4) is 0 Å². The van der Waals surface area contributed by atoms with Gasteiger partial charge in [0, 0.05) is 11.4 Å². The molecule has 0 amide bonds. The van der Waals surface area contributed by atoms with E-state index in [1.807, 2.05) is 12.2 Å². The molecule has 5 heteroatoms. The maximum atomic E-state index is 10.3. The van der Waals surface area contributed by atoms with E-state index in [9.17, 15) is 10.1 Å². The first-order valence-electron chi connectivity index (χ1n) is 4.07. The van der Waals surface area contributed by atoms with Gasteiger partial charge in [0.2, 0.25) is 0 Å². The zero-order valence-corrected chi connectivity index (χ0v) is 8.98. The fraction of sp³-hybridized carbons (Fsp3) is 0.222. The average molecular weight is 257 g/mol. The van der Waals surface area contributed by atoms with Crippen LogP contribution in [0.15, 0.2) is 24.4 Å². The number of aromatic nitrogens is 1. The summed E-state index contributed by atoms with van der Waals surface area (Å²) in [5.41, 5.74) is 0.749. The quantitative estimate of drug-likeness (QED) is 0.473. The summed E-state index contributed by atoms with van der Waals surface area (Å²) in [5, 5.41) is 11.2. The third-order valence-electron chi connectivity index (χ3n) is 1.55. The van der Waals surface area contributed by atoms with E-state index in [-0.39, 0.29) is 5.69 Å². The zero-order chi connectivity index (χ0) is 10.4. The molecule has 0 saturated carbocycles. The van der Waals surface area contributed by atoms with E-state index in [2.05, 4.69) is 20.9 Å². The fourth-order valence-corrected chi connectivity index (χ4v) is 1.14. The summed E-state index contributed by atoms with van der Waals surface area (Å²) in [6.07, 6.45) is 5.97. The number of nitrogens with zero attached hydrogens (tertiary/aromatic N) is 2. The molecule has 0 spiro atoms. The minimum Gasteiger partial charge on any atom is -0.258 e. The van der Waals surface area contributed by atoms with Crippen molar-refractivity contribution in [2.45, 2.75) is 6.42 Å². The van der Waals surface area contributed by atoms with Crippen LogP contribution >= 0.6 is 15.9 Å². The number of allylic oxidation sites excluding steroid dienone is 1. The van der Waals surface area contributed by atoms with Gasteiger partial charge in [-0.1, -0.05) is 22.0 Å². The molecular formula is C9H9BrN2O2. The van der Waals surface area contributed by atoms with Crippen molar-refractivity contribution >= 4 is 27.7 Å². The Morgan fingerprint density at radius 3 is 2.86 bits per heavy atom. The highest BCUT2D eigenvalue weighted by molar-refractivity contribution is 9.09. The molecule has 0 fully saturated rings. The molecule has 0 unspecified atom stereocenters. The molecule has 0 bridgehead atoms. The van der Waals surface area contributed by atoms with Gasteiger partial charge in [-0.25, -0.2) is 4.98 Å². The van der Waals surface area contributed by atoms with Gasteiger partial charge in [-0.2, -0.15) is 0 Å². The number of nitro groups is 1. The Balaban J connectivity index is 2.68. The average Bonchev–Trinajstić information content (AvgIpc) is 2.19. The minimum absolute atomic E-state index is 0.0163. The highest BCUT2D eigenvalue weighted by Crippen LogP contribution is 2.09. The summed E-state index contributed by atoms with van der Waals surface area (Å²) in [6, 6.07) is 3.07. The van der Waals surface area contributed by atoms with Crippen molar-refractivity contribution in [1.82, 2.24) is 4.98 Å². The van der Waals surface area contributed by atoms with E-state index < -0.39 is 4.92 Å². The first-order chi connectivity index (χ1) is 6.74. The lowest BCUT2D eigenvalue weighted by Crippen LogP contribution is -1.89. The van der Waals surface area contributed by atoms with Gasteiger partial charge >= 0.3 is 0 Å². The normalized spacial score (nSPS) is 10.6. The first-order valence-corrected chi connectivity index (χ1v) is 5.19. The zero-order valence-electron chi connectivity index (χ0n) is 7.39. The van der Waals surface area contributed by atoms with E-state index in [0.29, 0.717) is 0 Å². The second kappa shape index (κ2) is 5.49. The molecule has 4 nitrogen and oxygen atoms in total. The molecule has 1 heterocycles. The monoisotopic (exact) mass is 256 g/mol. The van der Waals surface area contributed by atoms with Crippen LogP contribution in [-0.4, -0.2) is 15.2 Å². The third-order valence-corrected chi connectivity index (χ3v) is 2.00. The predicted octanol–water partition coefficient (Wildman–Crippen LogP) is 2.79. The molecule has 0 saturated heterocycles. The second-order valence-corrected chi connectivity index (χ2v) is 3.37. The SMILES string of the molecule is O=[N+]([O-])c1ccc(C=CCCBr)nc1. The second-order valence-electron chi connectivity index (χ2n) is 2.58. The molecule has 14 heavy (non-hydrogen) atoms. The Hall–Kier alpha value is -1.23. The van der Waals surface area contributed by atoms with Crippen LogP contribution in [0.4, 0.5) is 5.69 Å². The summed E-state index contributed by atoms with van der Waals surface area (Å²) in [7, 11) is 0. The molecule has 1 rings (SSSR count). The molecule has 0 aromatic carbocycles. The van der Waals surface area contributed by atoms with Gasteiger partial charge in [-0.3, -0.25) is 10.1 Å². The largest absolute Gasteiger partial charge is 0.287 e. The Morgan fingerprint density at radius 2 is 2.36 bits per heavy atom. The summed E-state index contributed by atoms with van der Waals surface area (Å²) in [4.78, 5) is 13.8. The maximum absolute atomic E-state index is 10.3. The Kier molecular flexibility index (Phi) is 4.25. The molecule has 74 valence electrons. The maximum Gasteiger partial charge on any atom is 0.287 e. The van der Waals surface area contributed by atoms with E-state index in [1.54, 1.807) is 6.07 Å². The van der Waals surface area contributed by atoms with Crippen LogP contribution in [-0.2, 0) is 0 Å². The van der Waals surface area contributed by atoms with E-state index in [4.69, 9.17) is 0 Å². The lowest BCUT2D eigenvalue weighted by atomic mass is 10.3. The van der Waals surface area contributed by atoms with Crippen molar-refractivity contribution in [3.05, 3.63) is 40.2 Å². The Morgan fingerprint density at radius 1 is 1.57 bits per heavy atom. The van der Waals surface area contributed by atoms with E-state index in [0.717, 1.165) is 17.4 Å². The summed E-state index contributed by atoms with van der Waals surface area (Å²) >= 11 is 3.29. The van der Waals surface area contributed by atoms with Crippen LogP contribution in [0.5, 0.6) is 0 Å². The van der Waals surface area contributed by atoms with Crippen molar-refractivity contribution in [2.75, 3.05) is 5.33 Å². The van der Waals surface area contributed by atoms with Gasteiger partial charge in [0.1, 0.15) is 6.20 Å². The number of hydrogen-bond donors (Lipinski definition) is 0.